The van der Waals surface area contributed by atoms with Crippen LogP contribution in [-0.4, -0.2) is 25.7 Å². The molecule has 32 heavy (non-hydrogen) atoms. The molecule has 1 heterocycles. The summed E-state index contributed by atoms with van der Waals surface area (Å²) < 4.78 is 50.8. The number of ether oxygens (including phenoxy) is 2. The molecule has 2 aromatic carbocycles. The van der Waals surface area contributed by atoms with Crippen LogP contribution in [0.15, 0.2) is 53.7 Å². The Morgan fingerprint density at radius 3 is 2.53 bits per heavy atom. The predicted molar refractivity (Wildman–Crippen MR) is 111 cm³/mol. The van der Waals surface area contributed by atoms with Gasteiger partial charge in [0.05, 0.1) is 36.6 Å². The Hall–Kier alpha value is -3.69. The summed E-state index contributed by atoms with van der Waals surface area (Å²) in [5, 5.41) is 7.46. The van der Waals surface area contributed by atoms with Crippen molar-refractivity contribution in [1.82, 2.24) is 10.6 Å². The van der Waals surface area contributed by atoms with Gasteiger partial charge in [-0.3, -0.25) is 4.79 Å². The normalized spacial score (nSPS) is 16.2. The summed E-state index contributed by atoms with van der Waals surface area (Å²) in [6.07, 6.45) is -4.64. The van der Waals surface area contributed by atoms with Crippen LogP contribution in [0.25, 0.3) is 0 Å². The lowest BCUT2D eigenvalue weighted by Gasteiger charge is -2.29. The topological polar surface area (TPSA) is 88.7 Å². The number of carbonyl (C=O) groups excluding carboxylic acids is 2. The second-order valence-electron chi connectivity index (χ2n) is 6.91. The van der Waals surface area contributed by atoms with Crippen LogP contribution >= 0.6 is 0 Å². The van der Waals surface area contributed by atoms with Crippen molar-refractivity contribution in [2.24, 2.45) is 0 Å². The Labute approximate surface area is 182 Å². The van der Waals surface area contributed by atoms with Gasteiger partial charge in [-0.15, -0.1) is 0 Å². The van der Waals surface area contributed by atoms with Crippen LogP contribution in [0.2, 0.25) is 0 Å². The largest absolute Gasteiger partial charge is 0.493 e. The number of hydrogen-bond acceptors (Lipinski definition) is 4. The molecule has 3 N–H and O–H groups in total. The van der Waals surface area contributed by atoms with Gasteiger partial charge in [0.15, 0.2) is 11.5 Å². The Morgan fingerprint density at radius 2 is 1.88 bits per heavy atom. The Kier molecular flexibility index (Phi) is 6.61. The maximum absolute atomic E-state index is 13.3. The van der Waals surface area contributed by atoms with E-state index in [4.69, 9.17) is 9.47 Å². The highest BCUT2D eigenvalue weighted by atomic mass is 19.4. The van der Waals surface area contributed by atoms with Crippen LogP contribution in [-0.2, 0) is 11.0 Å². The summed E-state index contributed by atoms with van der Waals surface area (Å²) in [5.74, 6) is 0.0753. The average molecular weight is 449 g/mol. The summed E-state index contributed by atoms with van der Waals surface area (Å²) in [4.78, 5) is 25.2. The number of alkyl halides is 3. The number of nitrogens with one attached hydrogen (secondary N) is 3. The van der Waals surface area contributed by atoms with Gasteiger partial charge in [0.1, 0.15) is 0 Å². The lowest BCUT2D eigenvalue weighted by atomic mass is 9.94. The number of halogens is 3. The highest BCUT2D eigenvalue weighted by Crippen LogP contribution is 2.37. The molecule has 0 aliphatic carbocycles. The molecule has 0 spiro atoms. The van der Waals surface area contributed by atoms with Gasteiger partial charge < -0.3 is 25.4 Å². The van der Waals surface area contributed by atoms with Crippen LogP contribution in [0, 0.1) is 0 Å². The van der Waals surface area contributed by atoms with Crippen molar-refractivity contribution in [2.45, 2.75) is 26.1 Å². The van der Waals surface area contributed by atoms with E-state index in [1.165, 1.54) is 32.2 Å². The number of amides is 3. The van der Waals surface area contributed by atoms with Gasteiger partial charge in [0.2, 0.25) is 0 Å². The van der Waals surface area contributed by atoms with Crippen molar-refractivity contribution >= 4 is 17.6 Å². The molecular formula is C22H22F3N3O4. The van der Waals surface area contributed by atoms with Crippen molar-refractivity contribution in [3.63, 3.8) is 0 Å². The fraction of sp³-hybridized carbons (Fsp3) is 0.273. The quantitative estimate of drug-likeness (QED) is 0.611. The standard InChI is InChI=1S/C22H22F3N3O4/c1-4-32-16-10-9-13(11-17(16)31-3)19-18(12(2)26-21(30)28-19)20(29)27-15-8-6-5-7-14(15)22(23,24)25/h5-11,19H,4H2,1-3H3,(H,27,29)(H2,26,28,30)/t19-/m0/s1. The lowest BCUT2D eigenvalue weighted by molar-refractivity contribution is -0.137. The molecule has 10 heteroatoms. The van der Waals surface area contributed by atoms with E-state index >= 15 is 0 Å². The minimum Gasteiger partial charge on any atom is -0.493 e. The van der Waals surface area contributed by atoms with Crippen LogP contribution in [0.3, 0.4) is 0 Å². The predicted octanol–water partition coefficient (Wildman–Crippen LogP) is 4.38. The van der Waals surface area contributed by atoms with Crippen molar-refractivity contribution < 1.29 is 32.2 Å². The molecule has 0 aromatic heterocycles. The van der Waals surface area contributed by atoms with Gasteiger partial charge in [-0.25, -0.2) is 4.79 Å². The summed E-state index contributed by atoms with van der Waals surface area (Å²) in [6, 6.07) is 8.09. The maximum Gasteiger partial charge on any atom is 0.418 e. The third-order valence-electron chi connectivity index (χ3n) is 4.82. The molecule has 170 valence electrons. The van der Waals surface area contributed by atoms with Crippen LogP contribution in [0.4, 0.5) is 23.7 Å². The number of carbonyl (C=O) groups is 2. The van der Waals surface area contributed by atoms with Crippen molar-refractivity contribution in [3.05, 3.63) is 64.9 Å². The second-order valence-corrected chi connectivity index (χ2v) is 6.91. The number of rotatable bonds is 6. The van der Waals surface area contributed by atoms with Gasteiger partial charge >= 0.3 is 12.2 Å². The fourth-order valence-electron chi connectivity index (χ4n) is 3.41. The number of methoxy groups -OCH3 is 1. The zero-order chi connectivity index (χ0) is 23.5. The number of urea groups is 1. The Bertz CT molecular complexity index is 1070. The van der Waals surface area contributed by atoms with E-state index in [1.807, 2.05) is 6.92 Å². The Morgan fingerprint density at radius 1 is 1.16 bits per heavy atom. The van der Waals surface area contributed by atoms with Crippen LogP contribution in [0.1, 0.15) is 31.0 Å². The second kappa shape index (κ2) is 9.21. The first-order chi connectivity index (χ1) is 15.2. The first kappa shape index (κ1) is 23.0. The van der Waals surface area contributed by atoms with Crippen molar-refractivity contribution in [2.75, 3.05) is 19.0 Å². The molecule has 0 bridgehead atoms. The molecule has 0 saturated carbocycles. The molecule has 2 aromatic rings. The monoisotopic (exact) mass is 449 g/mol. The van der Waals surface area contributed by atoms with Crippen molar-refractivity contribution in [3.8, 4) is 11.5 Å². The Balaban J connectivity index is 2.00. The van der Waals surface area contributed by atoms with E-state index in [9.17, 15) is 22.8 Å². The first-order valence-corrected chi connectivity index (χ1v) is 9.72. The fourth-order valence-corrected chi connectivity index (χ4v) is 3.41. The molecular weight excluding hydrogens is 427 g/mol. The van der Waals surface area contributed by atoms with E-state index in [0.29, 0.717) is 23.7 Å². The zero-order valence-corrected chi connectivity index (χ0v) is 17.6. The maximum atomic E-state index is 13.3. The lowest BCUT2D eigenvalue weighted by Crippen LogP contribution is -2.46. The number of allylic oxidation sites excluding steroid dienone is 1. The number of benzene rings is 2. The summed E-state index contributed by atoms with van der Waals surface area (Å²) in [5.41, 5.74) is -0.584. The SMILES string of the molecule is CCOc1ccc([C@@H]2NC(=O)NC(C)=C2C(=O)Nc2ccccc2C(F)(F)F)cc1OC. The molecule has 0 unspecified atom stereocenters. The molecule has 1 aliphatic rings. The van der Waals surface area contributed by atoms with Gasteiger partial charge in [0, 0.05) is 5.70 Å². The average Bonchev–Trinajstić information content (AvgIpc) is 2.73. The third-order valence-corrected chi connectivity index (χ3v) is 4.82. The van der Waals surface area contributed by atoms with E-state index in [1.54, 1.807) is 18.2 Å². The molecule has 0 saturated heterocycles. The highest BCUT2D eigenvalue weighted by Gasteiger charge is 2.36. The van der Waals surface area contributed by atoms with E-state index in [-0.39, 0.29) is 17.0 Å². The van der Waals surface area contributed by atoms with Gasteiger partial charge in [0.25, 0.3) is 5.91 Å². The van der Waals surface area contributed by atoms with E-state index in [2.05, 4.69) is 16.0 Å². The van der Waals surface area contributed by atoms with Gasteiger partial charge in [-0.2, -0.15) is 13.2 Å². The molecule has 1 aliphatic heterocycles. The van der Waals surface area contributed by atoms with Crippen LogP contribution in [0.5, 0.6) is 11.5 Å². The number of hydrogen-bond donors (Lipinski definition) is 3. The highest BCUT2D eigenvalue weighted by molar-refractivity contribution is 6.07. The summed E-state index contributed by atoms with van der Waals surface area (Å²) in [6.45, 7) is 3.72. The van der Waals surface area contributed by atoms with Gasteiger partial charge in [-0.05, 0) is 43.7 Å². The minimum absolute atomic E-state index is 0.0628. The zero-order valence-electron chi connectivity index (χ0n) is 17.6. The van der Waals surface area contributed by atoms with E-state index < -0.39 is 29.7 Å². The smallest absolute Gasteiger partial charge is 0.418 e. The molecule has 7 nitrogen and oxygen atoms in total. The number of anilines is 1. The molecule has 1 atom stereocenters. The van der Waals surface area contributed by atoms with E-state index in [0.717, 1.165) is 6.07 Å². The molecule has 3 rings (SSSR count). The minimum atomic E-state index is -4.64. The van der Waals surface area contributed by atoms with Gasteiger partial charge in [-0.1, -0.05) is 18.2 Å². The number of para-hydroxylation sites is 1. The van der Waals surface area contributed by atoms with Crippen molar-refractivity contribution in [1.29, 1.82) is 0 Å². The van der Waals surface area contributed by atoms with Crippen LogP contribution < -0.4 is 25.4 Å². The summed E-state index contributed by atoms with van der Waals surface area (Å²) >= 11 is 0. The molecule has 0 fully saturated rings. The summed E-state index contributed by atoms with van der Waals surface area (Å²) in [7, 11) is 1.45. The third kappa shape index (κ3) is 4.79. The molecule has 0 radical (unpaired) electrons. The first-order valence-electron chi connectivity index (χ1n) is 9.72. The molecule has 3 amide bonds.